The fourth-order valence-corrected chi connectivity index (χ4v) is 1.43. The maximum Gasteiger partial charge on any atom is 0.101 e. The highest BCUT2D eigenvalue weighted by molar-refractivity contribution is 5.63. The highest BCUT2D eigenvalue weighted by atomic mass is 15.4. The van der Waals surface area contributed by atoms with Crippen molar-refractivity contribution in [3.8, 4) is 0 Å². The van der Waals surface area contributed by atoms with E-state index in [-0.39, 0.29) is 0 Å². The Labute approximate surface area is 54.5 Å². The zero-order valence-corrected chi connectivity index (χ0v) is 5.30. The Morgan fingerprint density at radius 2 is 2.56 bits per heavy atom. The zero-order chi connectivity index (χ0) is 6.10. The van der Waals surface area contributed by atoms with E-state index in [4.69, 9.17) is 0 Å². The van der Waals surface area contributed by atoms with Gasteiger partial charge in [-0.05, 0) is 19.4 Å². The molecule has 2 aliphatic heterocycles. The Bertz CT molecular complexity index is 132. The van der Waals surface area contributed by atoms with Gasteiger partial charge in [-0.1, -0.05) is 0 Å². The van der Waals surface area contributed by atoms with E-state index in [1.807, 2.05) is 6.21 Å². The van der Waals surface area contributed by atoms with Crippen LogP contribution in [0.4, 0.5) is 0 Å². The van der Waals surface area contributed by atoms with Crippen LogP contribution in [-0.4, -0.2) is 18.9 Å². The minimum atomic E-state index is 0.443. The van der Waals surface area contributed by atoms with Crippen LogP contribution in [0.25, 0.3) is 0 Å². The van der Waals surface area contributed by atoms with E-state index in [9.17, 15) is 0 Å². The SMILES string of the molecule is C1=NNC2NCCCC12. The van der Waals surface area contributed by atoms with Crippen LogP contribution >= 0.6 is 0 Å². The Hall–Kier alpha value is -0.570. The van der Waals surface area contributed by atoms with Crippen LogP contribution in [0.2, 0.25) is 0 Å². The van der Waals surface area contributed by atoms with Crippen LogP contribution in [0.15, 0.2) is 5.10 Å². The van der Waals surface area contributed by atoms with E-state index in [0.29, 0.717) is 12.1 Å². The molecular formula is C6H11N3. The van der Waals surface area contributed by atoms with Crippen LogP contribution < -0.4 is 10.7 Å². The second kappa shape index (κ2) is 1.99. The van der Waals surface area contributed by atoms with E-state index in [1.54, 1.807) is 0 Å². The van der Waals surface area contributed by atoms with E-state index < -0.39 is 0 Å². The maximum atomic E-state index is 3.99. The van der Waals surface area contributed by atoms with Gasteiger partial charge in [-0.2, -0.15) is 5.10 Å². The minimum Gasteiger partial charge on any atom is -0.296 e. The number of hydrogen-bond acceptors (Lipinski definition) is 3. The lowest BCUT2D eigenvalue weighted by atomic mass is 9.99. The van der Waals surface area contributed by atoms with Crippen LogP contribution in [0, 0.1) is 5.92 Å². The molecular weight excluding hydrogens is 114 g/mol. The fourth-order valence-electron chi connectivity index (χ4n) is 1.43. The van der Waals surface area contributed by atoms with Gasteiger partial charge in [-0.15, -0.1) is 0 Å². The van der Waals surface area contributed by atoms with Gasteiger partial charge < -0.3 is 0 Å². The molecule has 0 saturated carbocycles. The summed E-state index contributed by atoms with van der Waals surface area (Å²) < 4.78 is 0. The van der Waals surface area contributed by atoms with Crippen LogP contribution in [0.1, 0.15) is 12.8 Å². The number of fused-ring (bicyclic) bond motifs is 1. The highest BCUT2D eigenvalue weighted by Gasteiger charge is 2.25. The molecule has 9 heavy (non-hydrogen) atoms. The molecule has 0 aromatic rings. The molecule has 0 bridgehead atoms. The van der Waals surface area contributed by atoms with Gasteiger partial charge in [-0.25, -0.2) is 0 Å². The molecule has 2 heterocycles. The Kier molecular flexibility index (Phi) is 1.16. The zero-order valence-electron chi connectivity index (χ0n) is 5.30. The molecule has 0 amide bonds. The Balaban J connectivity index is 2.03. The van der Waals surface area contributed by atoms with Crippen molar-refractivity contribution < 1.29 is 0 Å². The standard InChI is InChI=1S/C6H11N3/c1-2-5-4-8-9-6(5)7-3-1/h4-7,9H,1-3H2. The fraction of sp³-hybridized carbons (Fsp3) is 0.833. The minimum absolute atomic E-state index is 0.443. The summed E-state index contributed by atoms with van der Waals surface area (Å²) in [5.41, 5.74) is 3.02. The Morgan fingerprint density at radius 1 is 1.56 bits per heavy atom. The summed E-state index contributed by atoms with van der Waals surface area (Å²) in [5, 5.41) is 7.34. The molecule has 1 fully saturated rings. The van der Waals surface area contributed by atoms with E-state index in [1.165, 1.54) is 12.8 Å². The highest BCUT2D eigenvalue weighted by Crippen LogP contribution is 2.15. The summed E-state index contributed by atoms with van der Waals surface area (Å²) in [6.45, 7) is 1.14. The summed E-state index contributed by atoms with van der Waals surface area (Å²) in [6.07, 6.45) is 5.03. The lowest BCUT2D eigenvalue weighted by Crippen LogP contribution is -2.45. The van der Waals surface area contributed by atoms with Crippen LogP contribution in [0.5, 0.6) is 0 Å². The number of rotatable bonds is 0. The summed E-state index contributed by atoms with van der Waals surface area (Å²) in [5.74, 6) is 0.652. The second-order valence-electron chi connectivity index (χ2n) is 2.65. The molecule has 2 rings (SSSR count). The summed E-state index contributed by atoms with van der Waals surface area (Å²) >= 11 is 0. The molecule has 2 unspecified atom stereocenters. The first-order valence-electron chi connectivity index (χ1n) is 3.49. The van der Waals surface area contributed by atoms with Gasteiger partial charge in [0.2, 0.25) is 0 Å². The van der Waals surface area contributed by atoms with Gasteiger partial charge in [0.05, 0.1) is 0 Å². The van der Waals surface area contributed by atoms with Crippen LogP contribution in [0.3, 0.4) is 0 Å². The third-order valence-corrected chi connectivity index (χ3v) is 1.99. The monoisotopic (exact) mass is 125 g/mol. The summed E-state index contributed by atoms with van der Waals surface area (Å²) in [4.78, 5) is 0. The van der Waals surface area contributed by atoms with Gasteiger partial charge in [0.25, 0.3) is 0 Å². The second-order valence-corrected chi connectivity index (χ2v) is 2.65. The average molecular weight is 125 g/mol. The number of hydrazone groups is 1. The normalized spacial score (nSPS) is 40.0. The molecule has 0 aromatic carbocycles. The van der Waals surface area contributed by atoms with Gasteiger partial charge in [0.15, 0.2) is 0 Å². The lowest BCUT2D eigenvalue weighted by molar-refractivity contribution is 0.327. The average Bonchev–Trinajstić information content (AvgIpc) is 2.33. The third-order valence-electron chi connectivity index (χ3n) is 1.99. The smallest absolute Gasteiger partial charge is 0.101 e. The van der Waals surface area contributed by atoms with E-state index in [2.05, 4.69) is 15.8 Å². The molecule has 3 heteroatoms. The number of piperidine rings is 1. The molecule has 2 aliphatic rings. The molecule has 1 saturated heterocycles. The predicted octanol–water partition coefficient (Wildman–Crippen LogP) is -0.0989. The largest absolute Gasteiger partial charge is 0.296 e. The third kappa shape index (κ3) is 0.812. The maximum absolute atomic E-state index is 3.99. The molecule has 3 nitrogen and oxygen atoms in total. The van der Waals surface area contributed by atoms with Gasteiger partial charge in [-0.3, -0.25) is 10.7 Å². The molecule has 2 N–H and O–H groups in total. The van der Waals surface area contributed by atoms with Crippen molar-refractivity contribution in [2.75, 3.05) is 6.54 Å². The lowest BCUT2D eigenvalue weighted by Gasteiger charge is -2.24. The van der Waals surface area contributed by atoms with Crippen LogP contribution in [-0.2, 0) is 0 Å². The first-order valence-corrected chi connectivity index (χ1v) is 3.49. The van der Waals surface area contributed by atoms with Gasteiger partial charge in [0.1, 0.15) is 6.17 Å². The van der Waals surface area contributed by atoms with Crippen molar-refractivity contribution in [2.45, 2.75) is 19.0 Å². The number of hydrogen-bond donors (Lipinski definition) is 2. The molecule has 0 spiro atoms. The van der Waals surface area contributed by atoms with Crippen molar-refractivity contribution in [1.29, 1.82) is 0 Å². The molecule has 0 aromatic heterocycles. The molecule has 50 valence electrons. The van der Waals surface area contributed by atoms with Gasteiger partial charge >= 0.3 is 0 Å². The van der Waals surface area contributed by atoms with Crippen molar-refractivity contribution in [1.82, 2.24) is 10.7 Å². The Morgan fingerprint density at radius 3 is 3.44 bits per heavy atom. The predicted molar refractivity (Wildman–Crippen MR) is 36.1 cm³/mol. The summed E-state index contributed by atoms with van der Waals surface area (Å²) in [7, 11) is 0. The number of nitrogens with zero attached hydrogens (tertiary/aromatic N) is 1. The van der Waals surface area contributed by atoms with E-state index >= 15 is 0 Å². The van der Waals surface area contributed by atoms with E-state index in [0.717, 1.165) is 6.54 Å². The number of nitrogens with one attached hydrogen (secondary N) is 2. The van der Waals surface area contributed by atoms with Crippen molar-refractivity contribution >= 4 is 6.21 Å². The van der Waals surface area contributed by atoms with Crippen molar-refractivity contribution in [3.63, 3.8) is 0 Å². The van der Waals surface area contributed by atoms with Crippen molar-refractivity contribution in [3.05, 3.63) is 0 Å². The molecule has 0 aliphatic carbocycles. The summed E-state index contributed by atoms with van der Waals surface area (Å²) in [6, 6.07) is 0. The van der Waals surface area contributed by atoms with Crippen molar-refractivity contribution in [2.24, 2.45) is 11.0 Å². The molecule has 0 radical (unpaired) electrons. The quantitative estimate of drug-likeness (QED) is 0.474. The first kappa shape index (κ1) is 5.23. The molecule has 2 atom stereocenters. The first-order chi connectivity index (χ1) is 4.47. The topological polar surface area (TPSA) is 36.4 Å². The van der Waals surface area contributed by atoms with Gasteiger partial charge in [0, 0.05) is 12.1 Å².